The Balaban J connectivity index is 0.910. The third-order valence-electron chi connectivity index (χ3n) is 21.8. The molecule has 6 heterocycles. The van der Waals surface area contributed by atoms with Gasteiger partial charge in [0.1, 0.15) is 74.8 Å². The molecule has 127 heavy (non-hydrogen) atoms. The molecule has 0 aromatic rings. The molecular weight excluding hydrogens is 1800 g/mol. The van der Waals surface area contributed by atoms with Gasteiger partial charge in [0, 0.05) is 88.6 Å². The number of hydrogen-bond acceptors (Lipinski definition) is 40. The van der Waals surface area contributed by atoms with Gasteiger partial charge < -0.3 is 132 Å². The smallest absolute Gasteiger partial charge is 0.394 e. The number of carbonyl (C=O) groups is 3. The largest absolute Gasteiger partial charge is 0.472 e. The van der Waals surface area contributed by atoms with Crippen LogP contribution in [0.4, 0.5) is 0 Å². The number of aliphatic hydroxyl groups is 9. The van der Waals surface area contributed by atoms with E-state index in [-0.39, 0.29) is 140 Å². The highest BCUT2D eigenvalue weighted by Gasteiger charge is 2.49. The lowest BCUT2D eigenvalue weighted by Crippen LogP contribution is -2.55. The minimum Gasteiger partial charge on any atom is -0.394 e. The summed E-state index contributed by atoms with van der Waals surface area (Å²) in [5.74, 6) is -2.52. The topological polar surface area (TPSA) is 632 Å². The molecule has 29 atom stereocenters. The van der Waals surface area contributed by atoms with E-state index >= 15 is 0 Å². The fraction of sp³-hybridized carbons (Fsp3) is 0.961. The maximum absolute atomic E-state index is 13.4. The molecule has 0 aliphatic carbocycles. The van der Waals surface area contributed by atoms with Crippen molar-refractivity contribution in [2.45, 2.75) is 331 Å². The van der Waals surface area contributed by atoms with E-state index in [1.165, 1.54) is 0 Å². The number of ketones is 3. The second-order valence-electron chi connectivity index (χ2n) is 33.6. The first-order chi connectivity index (χ1) is 60.0. The molecule has 14 unspecified atom stereocenters. The highest BCUT2D eigenvalue weighted by molar-refractivity contribution is 7.48. The van der Waals surface area contributed by atoms with Gasteiger partial charge in [-0.1, -0.05) is 85.5 Å². The molecule has 14 N–H and O–H groups in total. The van der Waals surface area contributed by atoms with Crippen molar-refractivity contribution in [2.75, 3.05) is 119 Å². The van der Waals surface area contributed by atoms with Gasteiger partial charge >= 0.3 is 39.1 Å². The number of phosphoric acid groups is 5. The van der Waals surface area contributed by atoms with Gasteiger partial charge in [-0.25, -0.2) is 22.8 Å². The van der Waals surface area contributed by atoms with Crippen LogP contribution in [-0.4, -0.2) is 335 Å². The highest BCUT2D eigenvalue weighted by atomic mass is 31.2. The van der Waals surface area contributed by atoms with E-state index in [0.717, 1.165) is 19.3 Å². The Morgan fingerprint density at radius 2 is 0.614 bits per heavy atom. The lowest BCUT2D eigenvalue weighted by molar-refractivity contribution is -0.280. The summed E-state index contributed by atoms with van der Waals surface area (Å²) in [5.41, 5.74) is -0.473. The predicted octanol–water partition coefficient (Wildman–Crippen LogP) is 5.41. The highest BCUT2D eigenvalue weighted by Crippen LogP contribution is 2.52. The summed E-state index contributed by atoms with van der Waals surface area (Å²) >= 11 is 0. The Morgan fingerprint density at radius 3 is 0.969 bits per heavy atom. The van der Waals surface area contributed by atoms with Crippen LogP contribution < -0.4 is 0 Å². The van der Waals surface area contributed by atoms with E-state index in [1.807, 2.05) is 20.8 Å². The molecule has 0 bridgehead atoms. The third kappa shape index (κ3) is 43.9. The van der Waals surface area contributed by atoms with Crippen molar-refractivity contribution < 1.29 is 214 Å². The monoisotopic (exact) mass is 1940 g/mol. The first-order valence-corrected chi connectivity index (χ1v) is 51.4. The van der Waals surface area contributed by atoms with Crippen LogP contribution >= 0.6 is 39.1 Å². The quantitative estimate of drug-likeness (QED) is 0.0267. The van der Waals surface area contributed by atoms with E-state index in [9.17, 15) is 108 Å². The molecule has 0 amide bonds. The van der Waals surface area contributed by atoms with Gasteiger partial charge in [-0.05, 0) is 78.6 Å². The van der Waals surface area contributed by atoms with Crippen molar-refractivity contribution in [3.63, 3.8) is 0 Å². The summed E-state index contributed by atoms with van der Waals surface area (Å²) in [6.07, 6.45) is -12.5. The molecule has 6 rings (SSSR count). The fourth-order valence-corrected chi connectivity index (χ4v) is 18.5. The van der Waals surface area contributed by atoms with Crippen LogP contribution in [0.1, 0.15) is 203 Å². The van der Waals surface area contributed by atoms with Crippen LogP contribution in [0.5, 0.6) is 0 Å². The SMILES string of the molecule is CC1[C@H](OCC(=O)CCCCCCCO[C@@H]2C[C@@H](O)C(COP(=O)(O)OCCCOP(=O)(O)O[C@@H]3C[C@@H](OCCCCCCCC(=O)CO[C@@H]4OC(CO)[C@H](O)[C@H](O)C4C)OC3COP(=O)(O)OCCCOP(=O)(O)O[C@@H]3C[C@@H](OCCCCCCCC(=O)CO[C@@H]4OC(CO)[C@H](O)[C@H](O)C4C)OC3COP(=O)(O)OCCCOC(C)(C)C)O2)OC(CO)[C@H](C)[C@@H]1O. The van der Waals surface area contributed by atoms with Crippen molar-refractivity contribution in [1.82, 2.24) is 0 Å². The second kappa shape index (κ2) is 58.4. The first kappa shape index (κ1) is 114. The van der Waals surface area contributed by atoms with Crippen molar-refractivity contribution >= 4 is 56.5 Å². The van der Waals surface area contributed by atoms with E-state index in [1.54, 1.807) is 27.7 Å². The molecule has 0 aromatic carbocycles. The molecule has 0 saturated carbocycles. The van der Waals surface area contributed by atoms with Crippen LogP contribution in [-0.2, 0) is 144 Å². The standard InChI is InChI=1S/C77H143O45P5/c1-50-60(41-78)118-74(51(2)69(50)85)103-44-54(81)26-17-11-8-14-20-29-100-66-38-57(84)63(115-66)47-112-123(90,91)108-34-24-36-110-126(96,97)122-59-40-68(102-31-22-16-10-13-19-28-56(83)46-105-76-53(4)71(87)73(89)62(43-80)120-76)117-65(59)49-114-125(94,95)109-35-25-37-111-127(98,99)121-58-39-67(116-64(58)48-113-124(92,93)107-33-23-32-106-77(5,6)7)101-30-21-15-9-12-18-27-55(82)45-104-75-52(3)70(86)72(88)61(42-79)119-75/h50-53,57-76,78-80,84-89H,8-49H2,1-7H3,(H,90,91)(H,92,93)(H,94,95)(H,96,97)(H,98,99)/t50-,51?,52?,53?,57+,58+,59+,60?,61?,62?,63?,64?,65?,66-,67-,68-,69-,70+,71+,72-,73-,74+,75+,76+/m0/s1. The van der Waals surface area contributed by atoms with E-state index in [2.05, 4.69) is 0 Å². The average molecular weight is 1940 g/mol. The maximum Gasteiger partial charge on any atom is 0.472 e. The molecule has 6 fully saturated rings. The summed E-state index contributed by atoms with van der Waals surface area (Å²) in [4.78, 5) is 91.2. The lowest BCUT2D eigenvalue weighted by atomic mass is 9.86. The van der Waals surface area contributed by atoms with Crippen LogP contribution in [0.2, 0.25) is 0 Å². The van der Waals surface area contributed by atoms with Crippen LogP contribution in [0.15, 0.2) is 0 Å². The number of hydrogen-bond donors (Lipinski definition) is 14. The van der Waals surface area contributed by atoms with Gasteiger partial charge in [-0.2, -0.15) is 0 Å². The molecule has 50 heteroatoms. The number of unbranched alkanes of at least 4 members (excludes halogenated alkanes) is 12. The van der Waals surface area contributed by atoms with Gasteiger partial charge in [0.25, 0.3) is 0 Å². The molecule has 6 aliphatic heterocycles. The summed E-state index contributed by atoms with van der Waals surface area (Å²) in [6, 6.07) is 0. The minimum atomic E-state index is -5.06. The van der Waals surface area contributed by atoms with Crippen LogP contribution in [0.25, 0.3) is 0 Å². The molecular formula is C77H143O45P5. The maximum atomic E-state index is 13.4. The molecule has 6 aliphatic rings. The summed E-state index contributed by atoms with van der Waals surface area (Å²) < 4.78 is 192. The van der Waals surface area contributed by atoms with Gasteiger partial charge in [0.15, 0.2) is 55.1 Å². The second-order valence-corrected chi connectivity index (χ2v) is 40.7. The zero-order chi connectivity index (χ0) is 93.6. The molecule has 45 nitrogen and oxygen atoms in total. The van der Waals surface area contributed by atoms with Gasteiger partial charge in [-0.3, -0.25) is 59.6 Å². The fourth-order valence-electron chi connectivity index (χ4n) is 14.3. The predicted molar refractivity (Wildman–Crippen MR) is 440 cm³/mol. The molecule has 0 aromatic heterocycles. The average Bonchev–Trinajstić information content (AvgIpc) is 1.82. The van der Waals surface area contributed by atoms with Gasteiger partial charge in [0.05, 0.1) is 109 Å². The lowest BCUT2D eigenvalue weighted by Gasteiger charge is -2.41. The Hall–Kier alpha value is -1.32. The summed E-state index contributed by atoms with van der Waals surface area (Å²) in [6.45, 7) is 6.08. The van der Waals surface area contributed by atoms with E-state index in [4.69, 9.17) is 107 Å². The number of phosphoric ester groups is 5. The van der Waals surface area contributed by atoms with Gasteiger partial charge in [-0.15, -0.1) is 0 Å². The Labute approximate surface area is 741 Å². The van der Waals surface area contributed by atoms with Crippen molar-refractivity contribution in [2.24, 2.45) is 23.7 Å². The van der Waals surface area contributed by atoms with E-state index < -0.39 is 239 Å². The number of ether oxygens (including phenoxy) is 13. The Kier molecular flexibility index (Phi) is 52.6. The summed E-state index contributed by atoms with van der Waals surface area (Å²) in [5, 5.41) is 90.4. The Bertz CT molecular complexity index is 3350. The number of carbonyl (C=O) groups excluding carboxylic acids is 3. The van der Waals surface area contributed by atoms with E-state index in [0.29, 0.717) is 83.5 Å². The zero-order valence-corrected chi connectivity index (χ0v) is 78.2. The molecule has 0 spiro atoms. The Morgan fingerprint density at radius 1 is 0.315 bits per heavy atom. The van der Waals surface area contributed by atoms with Crippen LogP contribution in [0.3, 0.4) is 0 Å². The summed E-state index contributed by atoms with van der Waals surface area (Å²) in [7, 11) is -24.7. The molecule has 6 saturated heterocycles. The first-order valence-electron chi connectivity index (χ1n) is 43.9. The van der Waals surface area contributed by atoms with Crippen molar-refractivity contribution in [3.8, 4) is 0 Å². The normalized spacial score (nSPS) is 32.6. The minimum absolute atomic E-state index is 0.0462. The van der Waals surface area contributed by atoms with Crippen molar-refractivity contribution in [1.29, 1.82) is 0 Å². The van der Waals surface area contributed by atoms with Gasteiger partial charge in [0.2, 0.25) is 0 Å². The molecule has 746 valence electrons. The van der Waals surface area contributed by atoms with Crippen molar-refractivity contribution in [3.05, 3.63) is 0 Å². The number of Topliss-reactive ketones (excluding diaryl/α,β-unsaturated/α-hetero) is 3. The van der Waals surface area contributed by atoms with Crippen LogP contribution in [0, 0.1) is 23.7 Å². The third-order valence-corrected chi connectivity index (χ3v) is 26.9. The number of aliphatic hydroxyl groups excluding tert-OH is 9. The molecule has 0 radical (unpaired) electrons. The zero-order valence-electron chi connectivity index (χ0n) is 73.7. The number of rotatable bonds is 69.